The molecule has 2 aliphatic rings. The van der Waals surface area contributed by atoms with Crippen molar-refractivity contribution in [2.45, 2.75) is 51.2 Å². The Morgan fingerprint density at radius 1 is 1.29 bits per heavy atom. The average Bonchev–Trinajstić information content (AvgIpc) is 2.14. The van der Waals surface area contributed by atoms with Gasteiger partial charge in [0.25, 0.3) is 0 Å². The van der Waals surface area contributed by atoms with Crippen LogP contribution in [0.2, 0.25) is 0 Å². The van der Waals surface area contributed by atoms with Crippen molar-refractivity contribution in [2.75, 3.05) is 13.7 Å². The first-order valence-electron chi connectivity index (χ1n) is 5.96. The molecule has 0 amide bonds. The second-order valence-electron chi connectivity index (χ2n) is 5.42. The molecule has 1 atom stereocenters. The summed E-state index contributed by atoms with van der Waals surface area (Å²) >= 11 is 0. The Labute approximate surface area is 87.4 Å². The smallest absolute Gasteiger partial charge is 0.0702 e. The van der Waals surface area contributed by atoms with Gasteiger partial charge in [-0.2, -0.15) is 0 Å². The lowest BCUT2D eigenvalue weighted by atomic mass is 9.63. The summed E-state index contributed by atoms with van der Waals surface area (Å²) in [4.78, 5) is 0. The Bertz CT molecular complexity index is 196. The van der Waals surface area contributed by atoms with E-state index in [9.17, 15) is 0 Å². The van der Waals surface area contributed by atoms with E-state index in [0.29, 0.717) is 6.04 Å². The van der Waals surface area contributed by atoms with Gasteiger partial charge >= 0.3 is 0 Å². The Morgan fingerprint density at radius 2 is 2.00 bits per heavy atom. The van der Waals surface area contributed by atoms with Gasteiger partial charge < -0.3 is 10.1 Å². The number of rotatable bonds is 2. The molecule has 0 aromatic carbocycles. The summed E-state index contributed by atoms with van der Waals surface area (Å²) in [6, 6.07) is 0.692. The van der Waals surface area contributed by atoms with Crippen molar-refractivity contribution < 1.29 is 4.74 Å². The number of nitrogens with one attached hydrogen (secondary N) is 1. The van der Waals surface area contributed by atoms with Crippen LogP contribution < -0.4 is 5.32 Å². The molecule has 2 fully saturated rings. The predicted molar refractivity (Wildman–Crippen MR) is 58.3 cm³/mol. The molecule has 0 radical (unpaired) electrons. The van der Waals surface area contributed by atoms with Crippen LogP contribution in [0.1, 0.15) is 39.5 Å². The molecule has 1 N–H and O–H groups in total. The summed E-state index contributed by atoms with van der Waals surface area (Å²) in [6.07, 6.45) is 5.00. The van der Waals surface area contributed by atoms with Crippen LogP contribution in [0.15, 0.2) is 0 Å². The predicted octanol–water partition coefficient (Wildman–Crippen LogP) is 2.19. The van der Waals surface area contributed by atoms with Crippen LogP contribution in [0.4, 0.5) is 0 Å². The third-order valence-electron chi connectivity index (χ3n) is 4.11. The van der Waals surface area contributed by atoms with Crippen molar-refractivity contribution in [3.63, 3.8) is 0 Å². The molecule has 0 aromatic rings. The average molecular weight is 197 g/mol. The van der Waals surface area contributed by atoms with E-state index in [0.717, 1.165) is 18.4 Å². The molecular formula is C12H23NO. The Balaban J connectivity index is 1.87. The molecule has 1 saturated carbocycles. The number of hydrogen-bond donors (Lipinski definition) is 1. The fraction of sp³-hybridized carbons (Fsp3) is 1.00. The van der Waals surface area contributed by atoms with Crippen molar-refractivity contribution in [3.05, 3.63) is 0 Å². The molecular weight excluding hydrogens is 174 g/mol. The van der Waals surface area contributed by atoms with E-state index in [1.807, 2.05) is 0 Å². The molecule has 0 bridgehead atoms. The van der Waals surface area contributed by atoms with Crippen LogP contribution in [0.3, 0.4) is 0 Å². The quantitative estimate of drug-likeness (QED) is 0.732. The minimum absolute atomic E-state index is 0.265. The van der Waals surface area contributed by atoms with Gasteiger partial charge in [0.15, 0.2) is 0 Å². The highest BCUT2D eigenvalue weighted by molar-refractivity contribution is 5.00. The first kappa shape index (κ1) is 10.4. The molecule has 2 rings (SSSR count). The summed E-state index contributed by atoms with van der Waals surface area (Å²) < 4.78 is 5.97. The lowest BCUT2D eigenvalue weighted by Crippen LogP contribution is -2.54. The molecule has 14 heavy (non-hydrogen) atoms. The van der Waals surface area contributed by atoms with Crippen molar-refractivity contribution in [1.29, 1.82) is 0 Å². The number of ether oxygens (including phenoxy) is 1. The Kier molecular flexibility index (Phi) is 2.85. The lowest BCUT2D eigenvalue weighted by Gasteiger charge is -2.53. The van der Waals surface area contributed by atoms with Crippen LogP contribution in [-0.4, -0.2) is 25.3 Å². The van der Waals surface area contributed by atoms with Gasteiger partial charge in [-0.3, -0.25) is 0 Å². The van der Waals surface area contributed by atoms with Crippen LogP contribution in [0.5, 0.6) is 0 Å². The second kappa shape index (κ2) is 3.82. The molecule has 1 aliphatic carbocycles. The lowest BCUT2D eigenvalue weighted by molar-refractivity contribution is -0.167. The Hall–Kier alpha value is -0.0800. The minimum atomic E-state index is 0.265. The minimum Gasteiger partial charge on any atom is -0.375 e. The highest BCUT2D eigenvalue weighted by Gasteiger charge is 2.48. The van der Waals surface area contributed by atoms with E-state index in [-0.39, 0.29) is 5.60 Å². The molecule has 1 unspecified atom stereocenters. The van der Waals surface area contributed by atoms with Gasteiger partial charge in [0.1, 0.15) is 0 Å². The highest BCUT2D eigenvalue weighted by Crippen LogP contribution is 2.49. The van der Waals surface area contributed by atoms with Gasteiger partial charge in [-0.1, -0.05) is 13.8 Å². The molecule has 2 nitrogen and oxygen atoms in total. The van der Waals surface area contributed by atoms with E-state index in [2.05, 4.69) is 26.2 Å². The van der Waals surface area contributed by atoms with Gasteiger partial charge in [0, 0.05) is 12.6 Å². The standard InChI is InChI=1S/C12H23NO/c1-9(2)10-6-12(7-10)8-11(13-3)4-5-14-12/h9-11,13H,4-8H2,1-3H3. The normalized spacial score (nSPS) is 42.9. The van der Waals surface area contributed by atoms with Crippen LogP contribution >= 0.6 is 0 Å². The first-order valence-corrected chi connectivity index (χ1v) is 5.96. The Morgan fingerprint density at radius 3 is 2.57 bits per heavy atom. The maximum absolute atomic E-state index is 5.97. The SMILES string of the molecule is CNC1CCOC2(C1)CC(C(C)C)C2. The topological polar surface area (TPSA) is 21.3 Å². The van der Waals surface area contributed by atoms with Crippen LogP contribution in [-0.2, 0) is 4.74 Å². The van der Waals surface area contributed by atoms with E-state index in [1.54, 1.807) is 0 Å². The third kappa shape index (κ3) is 1.82. The van der Waals surface area contributed by atoms with Gasteiger partial charge in [-0.05, 0) is 44.6 Å². The number of hydrogen-bond acceptors (Lipinski definition) is 2. The zero-order chi connectivity index (χ0) is 10.2. The largest absolute Gasteiger partial charge is 0.375 e. The highest BCUT2D eigenvalue weighted by atomic mass is 16.5. The van der Waals surface area contributed by atoms with Crippen LogP contribution in [0.25, 0.3) is 0 Å². The maximum atomic E-state index is 5.97. The van der Waals surface area contributed by atoms with Gasteiger partial charge in [0.05, 0.1) is 5.60 Å². The van der Waals surface area contributed by atoms with E-state index in [1.165, 1.54) is 25.7 Å². The summed E-state index contributed by atoms with van der Waals surface area (Å²) in [5.74, 6) is 1.74. The van der Waals surface area contributed by atoms with Crippen molar-refractivity contribution in [2.24, 2.45) is 11.8 Å². The molecule has 1 heterocycles. The molecule has 1 spiro atoms. The monoisotopic (exact) mass is 197 g/mol. The summed E-state index contributed by atoms with van der Waals surface area (Å²) in [5.41, 5.74) is 0.265. The van der Waals surface area contributed by atoms with Crippen molar-refractivity contribution in [1.82, 2.24) is 5.32 Å². The molecule has 82 valence electrons. The third-order valence-corrected chi connectivity index (χ3v) is 4.11. The summed E-state index contributed by atoms with van der Waals surface area (Å²) in [5, 5.41) is 3.39. The van der Waals surface area contributed by atoms with Gasteiger partial charge in [-0.25, -0.2) is 0 Å². The maximum Gasteiger partial charge on any atom is 0.0702 e. The van der Waals surface area contributed by atoms with E-state index < -0.39 is 0 Å². The van der Waals surface area contributed by atoms with E-state index >= 15 is 0 Å². The van der Waals surface area contributed by atoms with Crippen molar-refractivity contribution >= 4 is 0 Å². The molecule has 1 saturated heterocycles. The molecule has 2 heteroatoms. The summed E-state index contributed by atoms with van der Waals surface area (Å²) in [6.45, 7) is 5.61. The zero-order valence-corrected chi connectivity index (χ0v) is 9.68. The van der Waals surface area contributed by atoms with E-state index in [4.69, 9.17) is 4.74 Å². The first-order chi connectivity index (χ1) is 6.65. The van der Waals surface area contributed by atoms with Gasteiger partial charge in [-0.15, -0.1) is 0 Å². The molecule has 0 aromatic heterocycles. The van der Waals surface area contributed by atoms with Crippen molar-refractivity contribution in [3.8, 4) is 0 Å². The fourth-order valence-corrected chi connectivity index (χ4v) is 2.93. The van der Waals surface area contributed by atoms with Crippen LogP contribution in [0, 0.1) is 11.8 Å². The van der Waals surface area contributed by atoms with Gasteiger partial charge in [0.2, 0.25) is 0 Å². The summed E-state index contributed by atoms with van der Waals surface area (Å²) in [7, 11) is 2.07. The fourth-order valence-electron chi connectivity index (χ4n) is 2.93. The molecule has 1 aliphatic heterocycles. The second-order valence-corrected chi connectivity index (χ2v) is 5.42. The zero-order valence-electron chi connectivity index (χ0n) is 9.68.